The minimum Gasteiger partial charge on any atom is -0.482 e. The Labute approximate surface area is 169 Å². The first kappa shape index (κ1) is 17.4. The third kappa shape index (κ3) is 3.34. The lowest BCUT2D eigenvalue weighted by molar-refractivity contribution is -0.123. The fraction of sp³-hybridized carbons (Fsp3) is 0.0952. The number of carbonyl (C=O) groups is 2. The van der Waals surface area contributed by atoms with Crippen LogP contribution in [-0.4, -0.2) is 29.9 Å². The number of anilines is 2. The van der Waals surface area contributed by atoms with Gasteiger partial charge in [0.25, 0.3) is 5.91 Å². The molecular weight excluding hydrogens is 390 g/mol. The van der Waals surface area contributed by atoms with Gasteiger partial charge in [0.1, 0.15) is 23.6 Å². The lowest BCUT2D eigenvalue weighted by atomic mass is 10.2. The van der Waals surface area contributed by atoms with Crippen molar-refractivity contribution in [1.29, 1.82) is 0 Å². The second-order valence-corrected chi connectivity index (χ2v) is 7.33. The maximum Gasteiger partial charge on any atom is 0.265 e. The summed E-state index contributed by atoms with van der Waals surface area (Å²) in [4.78, 5) is 30.6. The minimum absolute atomic E-state index is 0.0856. The summed E-state index contributed by atoms with van der Waals surface area (Å²) in [7, 11) is 0. The summed E-state index contributed by atoms with van der Waals surface area (Å²) >= 11 is 1.30. The lowest BCUT2D eigenvalue weighted by Gasteiger charge is -2.28. The van der Waals surface area contributed by atoms with E-state index >= 15 is 0 Å². The summed E-state index contributed by atoms with van der Waals surface area (Å²) in [6.07, 6.45) is 0. The van der Waals surface area contributed by atoms with E-state index in [1.54, 1.807) is 18.2 Å². The van der Waals surface area contributed by atoms with Crippen molar-refractivity contribution in [3.05, 3.63) is 60.0 Å². The summed E-state index contributed by atoms with van der Waals surface area (Å²) < 4.78 is 11.2. The van der Waals surface area contributed by atoms with Crippen LogP contribution < -0.4 is 15.0 Å². The van der Waals surface area contributed by atoms with Crippen molar-refractivity contribution in [2.45, 2.75) is 0 Å². The molecule has 0 spiro atoms. The van der Waals surface area contributed by atoms with E-state index in [4.69, 9.17) is 9.15 Å². The molecule has 2 aromatic carbocycles. The third-order valence-electron chi connectivity index (χ3n) is 4.54. The topological polar surface area (TPSA) is 84.7 Å². The van der Waals surface area contributed by atoms with Crippen molar-refractivity contribution in [2.24, 2.45) is 0 Å². The number of carbonyl (C=O) groups excluding carboxylic acids is 2. The Bertz CT molecular complexity index is 1200. The molecule has 0 saturated carbocycles. The Hall–Kier alpha value is -3.65. The summed E-state index contributed by atoms with van der Waals surface area (Å²) in [5.74, 6) is 0.628. The van der Waals surface area contributed by atoms with Gasteiger partial charge in [-0.2, -0.15) is 0 Å². The monoisotopic (exact) mass is 405 g/mol. The molecule has 144 valence electrons. The maximum absolute atomic E-state index is 12.5. The van der Waals surface area contributed by atoms with Crippen LogP contribution in [0.2, 0.25) is 0 Å². The Kier molecular flexibility index (Phi) is 4.25. The van der Waals surface area contributed by atoms with Crippen LogP contribution in [-0.2, 0) is 9.59 Å². The second-order valence-electron chi connectivity index (χ2n) is 6.47. The number of para-hydroxylation sites is 3. The van der Waals surface area contributed by atoms with Gasteiger partial charge in [-0.15, -0.1) is 11.3 Å². The first-order valence-electron chi connectivity index (χ1n) is 8.94. The zero-order chi connectivity index (χ0) is 19.8. The Morgan fingerprint density at radius 1 is 1.17 bits per heavy atom. The normalized spacial score (nSPS) is 13.2. The molecule has 3 heterocycles. The van der Waals surface area contributed by atoms with E-state index in [-0.39, 0.29) is 25.0 Å². The zero-order valence-corrected chi connectivity index (χ0v) is 15.9. The number of rotatable bonds is 4. The van der Waals surface area contributed by atoms with Crippen LogP contribution in [0.5, 0.6) is 5.75 Å². The van der Waals surface area contributed by atoms with Crippen LogP contribution in [0.3, 0.4) is 0 Å². The van der Waals surface area contributed by atoms with Gasteiger partial charge < -0.3 is 14.5 Å². The number of aromatic nitrogens is 1. The second kappa shape index (κ2) is 7.06. The fourth-order valence-corrected chi connectivity index (χ4v) is 3.90. The number of nitrogens with one attached hydrogen (secondary N) is 1. The van der Waals surface area contributed by atoms with Crippen LogP contribution in [0.15, 0.2) is 64.4 Å². The molecule has 7 nitrogen and oxygen atoms in total. The summed E-state index contributed by atoms with van der Waals surface area (Å²) in [6, 6.07) is 16.8. The SMILES string of the molecule is O=C(CN1C(=O)COc2ccccc21)Nc1nc(-c2cc3ccccc3o2)cs1. The number of nitrogens with zero attached hydrogens (tertiary/aromatic N) is 2. The summed E-state index contributed by atoms with van der Waals surface area (Å²) in [5, 5.41) is 6.01. The summed E-state index contributed by atoms with van der Waals surface area (Å²) in [6.45, 7) is -0.198. The smallest absolute Gasteiger partial charge is 0.265 e. The number of hydrogen-bond donors (Lipinski definition) is 1. The molecule has 4 aromatic rings. The average molecular weight is 405 g/mol. The molecule has 0 unspecified atom stereocenters. The molecule has 0 aliphatic carbocycles. The number of furan rings is 1. The quantitative estimate of drug-likeness (QED) is 0.556. The standard InChI is InChI=1S/C21H15N3O4S/c25-19(10-24-15-6-2-4-8-17(15)27-11-20(24)26)23-21-22-14(12-29-21)18-9-13-5-1-3-7-16(13)28-18/h1-9,12H,10-11H2,(H,22,23,25). The number of amides is 2. The molecule has 1 aliphatic heterocycles. The maximum atomic E-state index is 12.5. The first-order chi connectivity index (χ1) is 14.2. The van der Waals surface area contributed by atoms with Crippen molar-refractivity contribution in [2.75, 3.05) is 23.4 Å². The molecule has 29 heavy (non-hydrogen) atoms. The Balaban J connectivity index is 1.31. The van der Waals surface area contributed by atoms with Crippen molar-refractivity contribution in [3.8, 4) is 17.2 Å². The van der Waals surface area contributed by atoms with Gasteiger partial charge in [-0.1, -0.05) is 30.3 Å². The molecule has 0 atom stereocenters. The highest BCUT2D eigenvalue weighted by Gasteiger charge is 2.27. The van der Waals surface area contributed by atoms with Crippen molar-refractivity contribution in [3.63, 3.8) is 0 Å². The summed E-state index contributed by atoms with van der Waals surface area (Å²) in [5.41, 5.74) is 2.01. The molecule has 0 bridgehead atoms. The van der Waals surface area contributed by atoms with Crippen LogP contribution in [0, 0.1) is 0 Å². The van der Waals surface area contributed by atoms with Gasteiger partial charge in [0.2, 0.25) is 5.91 Å². The number of thiazole rings is 1. The van der Waals surface area contributed by atoms with Gasteiger partial charge in [-0.25, -0.2) is 4.98 Å². The van der Waals surface area contributed by atoms with Crippen LogP contribution >= 0.6 is 11.3 Å². The molecular formula is C21H15N3O4S. The Morgan fingerprint density at radius 2 is 2.00 bits per heavy atom. The highest BCUT2D eigenvalue weighted by Crippen LogP contribution is 2.32. The number of fused-ring (bicyclic) bond motifs is 2. The third-order valence-corrected chi connectivity index (χ3v) is 5.30. The number of benzene rings is 2. The minimum atomic E-state index is -0.333. The highest BCUT2D eigenvalue weighted by atomic mass is 32.1. The lowest BCUT2D eigenvalue weighted by Crippen LogP contribution is -2.43. The molecule has 0 saturated heterocycles. The molecule has 2 amide bonds. The van der Waals surface area contributed by atoms with Gasteiger partial charge in [0, 0.05) is 10.8 Å². The predicted octanol–water partition coefficient (Wildman–Crippen LogP) is 3.92. The molecule has 1 N–H and O–H groups in total. The van der Waals surface area contributed by atoms with Gasteiger partial charge >= 0.3 is 0 Å². The van der Waals surface area contributed by atoms with Crippen LogP contribution in [0.4, 0.5) is 10.8 Å². The zero-order valence-electron chi connectivity index (χ0n) is 15.1. The van der Waals surface area contributed by atoms with E-state index in [9.17, 15) is 9.59 Å². The fourth-order valence-electron chi connectivity index (χ4n) is 3.18. The van der Waals surface area contributed by atoms with E-state index in [0.717, 1.165) is 11.0 Å². The highest BCUT2D eigenvalue weighted by molar-refractivity contribution is 7.14. The molecule has 8 heteroatoms. The number of ether oxygens (including phenoxy) is 1. The van der Waals surface area contributed by atoms with Crippen LogP contribution in [0.25, 0.3) is 22.4 Å². The molecule has 2 aromatic heterocycles. The van der Waals surface area contributed by atoms with Gasteiger partial charge in [-0.3, -0.25) is 14.5 Å². The molecule has 0 fully saturated rings. The van der Waals surface area contributed by atoms with E-state index in [0.29, 0.717) is 28.0 Å². The largest absolute Gasteiger partial charge is 0.482 e. The van der Waals surface area contributed by atoms with Crippen molar-refractivity contribution in [1.82, 2.24) is 4.98 Å². The van der Waals surface area contributed by atoms with Crippen molar-refractivity contribution >= 4 is 44.9 Å². The van der Waals surface area contributed by atoms with Gasteiger partial charge in [-0.05, 0) is 24.3 Å². The van der Waals surface area contributed by atoms with Gasteiger partial charge in [0.05, 0.1) is 5.69 Å². The van der Waals surface area contributed by atoms with Crippen LogP contribution in [0.1, 0.15) is 0 Å². The van der Waals surface area contributed by atoms with Gasteiger partial charge in [0.15, 0.2) is 17.5 Å². The first-order valence-corrected chi connectivity index (χ1v) is 9.82. The van der Waals surface area contributed by atoms with E-state index in [2.05, 4.69) is 10.3 Å². The van der Waals surface area contributed by atoms with Crippen molar-refractivity contribution < 1.29 is 18.7 Å². The number of hydrogen-bond acceptors (Lipinski definition) is 6. The molecule has 0 radical (unpaired) electrons. The Morgan fingerprint density at radius 3 is 2.90 bits per heavy atom. The van der Waals surface area contributed by atoms with E-state index in [1.807, 2.05) is 41.8 Å². The van der Waals surface area contributed by atoms with E-state index < -0.39 is 0 Å². The predicted molar refractivity (Wildman–Crippen MR) is 110 cm³/mol. The van der Waals surface area contributed by atoms with E-state index in [1.165, 1.54) is 16.2 Å². The molecule has 1 aliphatic rings. The molecule has 5 rings (SSSR count). The average Bonchev–Trinajstić information content (AvgIpc) is 3.37.